The molecule has 0 aliphatic carbocycles. The van der Waals surface area contributed by atoms with Gasteiger partial charge in [0.15, 0.2) is 0 Å². The van der Waals surface area contributed by atoms with E-state index in [0.29, 0.717) is 10.8 Å². The second kappa shape index (κ2) is 8.04. The van der Waals surface area contributed by atoms with Gasteiger partial charge in [-0.1, -0.05) is 53.0 Å². The highest BCUT2D eigenvalue weighted by Gasteiger charge is 2.45. The summed E-state index contributed by atoms with van der Waals surface area (Å²) in [4.78, 5) is 0. The third-order valence-corrected chi connectivity index (χ3v) is 8.49. The Morgan fingerprint density at radius 1 is 1.00 bits per heavy atom. The molecule has 0 heterocycles. The molecular formula is C18H17Cl4O3P. The van der Waals surface area contributed by atoms with Gasteiger partial charge in [-0.25, -0.2) is 0 Å². The second-order valence-corrected chi connectivity index (χ2v) is 11.1. The molecule has 0 spiro atoms. The van der Waals surface area contributed by atoms with Gasteiger partial charge in [-0.2, -0.15) is 0 Å². The van der Waals surface area contributed by atoms with Crippen molar-refractivity contribution in [2.24, 2.45) is 0 Å². The van der Waals surface area contributed by atoms with Gasteiger partial charge in [0.05, 0.1) is 31.5 Å². The van der Waals surface area contributed by atoms with Crippen LogP contribution in [0, 0.1) is 0 Å². The molecule has 1 atom stereocenters. The highest BCUT2D eigenvalue weighted by molar-refractivity contribution is 7.69. The molecule has 0 aliphatic rings. The first-order valence-corrected chi connectivity index (χ1v) is 10.7. The van der Waals surface area contributed by atoms with E-state index >= 15 is 0 Å². The van der Waals surface area contributed by atoms with Crippen LogP contribution in [0.5, 0.6) is 11.5 Å². The minimum atomic E-state index is -3.64. The van der Waals surface area contributed by atoms with E-state index in [4.69, 9.17) is 55.7 Å². The Hall–Kier alpha value is -0.830. The van der Waals surface area contributed by atoms with Crippen LogP contribution in [-0.4, -0.2) is 5.16 Å². The molecule has 8 heteroatoms. The van der Waals surface area contributed by atoms with Crippen molar-refractivity contribution >= 4 is 59.1 Å². The molecular weight excluding hydrogens is 437 g/mol. The Bertz CT molecular complexity index is 891. The molecule has 140 valence electrons. The Morgan fingerprint density at radius 2 is 1.62 bits per heavy atom. The van der Waals surface area contributed by atoms with Crippen LogP contribution >= 0.6 is 53.8 Å². The molecule has 2 aromatic carbocycles. The van der Waals surface area contributed by atoms with Crippen molar-refractivity contribution in [2.45, 2.75) is 25.9 Å². The molecule has 3 nitrogen and oxygen atoms in total. The van der Waals surface area contributed by atoms with Crippen molar-refractivity contribution in [3.8, 4) is 11.5 Å². The van der Waals surface area contributed by atoms with Gasteiger partial charge in [0.2, 0.25) is 0 Å². The molecule has 0 aliphatic heterocycles. The van der Waals surface area contributed by atoms with E-state index in [2.05, 4.69) is 6.58 Å². The van der Waals surface area contributed by atoms with Gasteiger partial charge >= 0.3 is 0 Å². The largest absolute Gasteiger partial charge is 0.465 e. The lowest BCUT2D eigenvalue weighted by atomic mass is 10.3. The summed E-state index contributed by atoms with van der Waals surface area (Å²) in [6.45, 7) is 8.87. The molecule has 0 saturated heterocycles. The maximum absolute atomic E-state index is 14.1. The maximum atomic E-state index is 14.1. The molecule has 0 fully saturated rings. The normalized spacial score (nSPS) is 13.8. The number of ether oxygens (including phenoxy) is 1. The molecule has 0 unspecified atom stereocenters. The van der Waals surface area contributed by atoms with Crippen molar-refractivity contribution in [3.63, 3.8) is 0 Å². The molecule has 2 aromatic rings. The Labute approximate surface area is 173 Å². The van der Waals surface area contributed by atoms with Crippen molar-refractivity contribution in [2.75, 3.05) is 0 Å². The maximum Gasteiger partial charge on any atom is 0.287 e. The summed E-state index contributed by atoms with van der Waals surface area (Å²) in [5.74, 6) is 0.547. The highest BCUT2D eigenvalue weighted by Crippen LogP contribution is 2.60. The van der Waals surface area contributed by atoms with Crippen molar-refractivity contribution in [1.82, 2.24) is 0 Å². The van der Waals surface area contributed by atoms with Crippen LogP contribution in [0.2, 0.25) is 20.1 Å². The van der Waals surface area contributed by atoms with Crippen LogP contribution in [0.4, 0.5) is 0 Å². The monoisotopic (exact) mass is 452 g/mol. The summed E-state index contributed by atoms with van der Waals surface area (Å²) in [5, 5.41) is 0.340. The minimum Gasteiger partial charge on any atom is -0.465 e. The smallest absolute Gasteiger partial charge is 0.287 e. The van der Waals surface area contributed by atoms with E-state index in [0.717, 1.165) is 0 Å². The number of hydrogen-bond acceptors (Lipinski definition) is 3. The fourth-order valence-electron chi connectivity index (χ4n) is 2.18. The average Bonchev–Trinajstić information content (AvgIpc) is 2.53. The van der Waals surface area contributed by atoms with Gasteiger partial charge in [-0.3, -0.25) is 4.57 Å². The zero-order valence-corrected chi connectivity index (χ0v) is 18.3. The molecule has 2 rings (SSSR count). The molecule has 0 N–H and O–H groups in total. The third-order valence-electron chi connectivity index (χ3n) is 3.54. The Morgan fingerprint density at radius 3 is 2.15 bits per heavy atom. The van der Waals surface area contributed by atoms with Crippen LogP contribution in [0.15, 0.2) is 43.2 Å². The average molecular weight is 454 g/mol. The molecule has 0 saturated carbocycles. The summed E-state index contributed by atoms with van der Waals surface area (Å²) >= 11 is 24.6. The molecule has 0 bridgehead atoms. The molecule has 0 amide bonds. The summed E-state index contributed by atoms with van der Waals surface area (Å²) < 4.78 is 25.5. The first-order chi connectivity index (χ1) is 12.0. The van der Waals surface area contributed by atoms with Gasteiger partial charge in [-0.05, 0) is 45.0 Å². The first-order valence-electron chi connectivity index (χ1n) is 7.52. The van der Waals surface area contributed by atoms with Gasteiger partial charge < -0.3 is 9.26 Å². The van der Waals surface area contributed by atoms with Crippen LogP contribution in [0.3, 0.4) is 0 Å². The predicted octanol–water partition coefficient (Wildman–Crippen LogP) is 7.60. The minimum absolute atomic E-state index is 0.101. The predicted molar refractivity (Wildman–Crippen MR) is 111 cm³/mol. The topological polar surface area (TPSA) is 35.5 Å². The van der Waals surface area contributed by atoms with Crippen molar-refractivity contribution in [3.05, 3.63) is 63.3 Å². The lowest BCUT2D eigenvalue weighted by molar-refractivity contribution is 0.455. The zero-order valence-electron chi connectivity index (χ0n) is 14.4. The van der Waals surface area contributed by atoms with E-state index in [1.54, 1.807) is 45.0 Å². The van der Waals surface area contributed by atoms with Gasteiger partial charge in [0.1, 0.15) is 16.8 Å². The summed E-state index contributed by atoms with van der Waals surface area (Å²) in [5.41, 5.74) is 0. The van der Waals surface area contributed by atoms with E-state index in [1.807, 2.05) is 0 Å². The highest BCUT2D eigenvalue weighted by atomic mass is 35.5. The fourth-order valence-corrected chi connectivity index (χ4v) is 5.43. The molecule has 26 heavy (non-hydrogen) atoms. The van der Waals surface area contributed by atoms with Crippen LogP contribution in [0.1, 0.15) is 20.8 Å². The quantitative estimate of drug-likeness (QED) is 0.345. The van der Waals surface area contributed by atoms with Crippen LogP contribution in [0.25, 0.3) is 0 Å². The third kappa shape index (κ3) is 4.18. The number of rotatable bonds is 5. The summed E-state index contributed by atoms with van der Waals surface area (Å²) in [6.07, 6.45) is 1.22. The van der Waals surface area contributed by atoms with Crippen molar-refractivity contribution < 1.29 is 13.8 Å². The molecule has 0 aromatic heterocycles. The number of halogens is 4. The fraction of sp³-hybridized carbons (Fsp3) is 0.222. The standard InChI is InChI=1S/C18H17Cl4O3P/c1-5-24-15-9-8-13(20)16(22)17(15)26(23,18(2,3)4)25-11-6-7-12(19)14(21)10-11/h5-10H,1H2,2-4H3/t26-/m1/s1. The number of benzene rings is 2. The summed E-state index contributed by atoms with van der Waals surface area (Å²) in [6, 6.07) is 7.76. The van der Waals surface area contributed by atoms with Crippen LogP contribution in [-0.2, 0) is 4.57 Å². The zero-order chi connectivity index (χ0) is 19.7. The van der Waals surface area contributed by atoms with Gasteiger partial charge in [-0.15, -0.1) is 0 Å². The van der Waals surface area contributed by atoms with E-state index in [1.165, 1.54) is 12.3 Å². The van der Waals surface area contributed by atoms with E-state index < -0.39 is 12.5 Å². The van der Waals surface area contributed by atoms with Gasteiger partial charge in [0.25, 0.3) is 7.37 Å². The van der Waals surface area contributed by atoms with Gasteiger partial charge in [0, 0.05) is 6.07 Å². The summed E-state index contributed by atoms with van der Waals surface area (Å²) in [7, 11) is -3.64. The Balaban J connectivity index is 2.72. The lowest BCUT2D eigenvalue weighted by Crippen LogP contribution is -2.28. The lowest BCUT2D eigenvalue weighted by Gasteiger charge is -2.33. The van der Waals surface area contributed by atoms with E-state index in [-0.39, 0.29) is 26.1 Å². The Kier molecular flexibility index (Phi) is 6.64. The first kappa shape index (κ1) is 21.5. The van der Waals surface area contributed by atoms with Crippen LogP contribution < -0.4 is 14.6 Å². The SMILES string of the molecule is C=COc1ccc(Cl)c(Cl)c1[P@@](=O)(Oc1ccc(Cl)c(Cl)c1)C(C)(C)C. The molecule has 0 radical (unpaired) electrons. The van der Waals surface area contributed by atoms with E-state index in [9.17, 15) is 4.57 Å². The second-order valence-electron chi connectivity index (χ2n) is 6.38. The number of hydrogen-bond donors (Lipinski definition) is 0. The van der Waals surface area contributed by atoms with Crippen molar-refractivity contribution in [1.29, 1.82) is 0 Å².